The second kappa shape index (κ2) is 12.5. The summed E-state index contributed by atoms with van der Waals surface area (Å²) in [4.78, 5) is 0. The van der Waals surface area contributed by atoms with Gasteiger partial charge in [-0.15, -0.1) is 0 Å². The highest BCUT2D eigenvalue weighted by Gasteiger charge is 2.19. The maximum atomic E-state index is 5.77. The van der Waals surface area contributed by atoms with Gasteiger partial charge < -0.3 is 4.74 Å². The average molecular weight is 403 g/mol. The molecule has 30 heavy (non-hydrogen) atoms. The largest absolute Gasteiger partial charge is 0.494 e. The number of rotatable bonds is 9. The van der Waals surface area contributed by atoms with E-state index < -0.39 is 0 Å². The topological polar surface area (TPSA) is 9.23 Å². The molecule has 0 atom stereocenters. The number of hydrogen-bond acceptors (Lipinski definition) is 1. The van der Waals surface area contributed by atoms with E-state index in [1.807, 2.05) is 24.3 Å². The van der Waals surface area contributed by atoms with Gasteiger partial charge in [-0.1, -0.05) is 82.8 Å². The van der Waals surface area contributed by atoms with Gasteiger partial charge in [0.15, 0.2) is 0 Å². The lowest BCUT2D eigenvalue weighted by Gasteiger charge is -2.27. The molecule has 0 N–H and O–H groups in total. The zero-order valence-corrected chi connectivity index (χ0v) is 19.0. The highest BCUT2D eigenvalue weighted by molar-refractivity contribution is 5.44. The van der Waals surface area contributed by atoms with Crippen LogP contribution in [0.1, 0.15) is 88.3 Å². The van der Waals surface area contributed by atoms with E-state index in [1.165, 1.54) is 63.4 Å². The first-order valence-corrected chi connectivity index (χ1v) is 12.1. The molecule has 0 spiro atoms. The minimum atomic E-state index is 0.797. The molecule has 160 valence electrons. The molecule has 1 aliphatic carbocycles. The van der Waals surface area contributed by atoms with Crippen LogP contribution in [0.25, 0.3) is 0 Å². The molecule has 0 heterocycles. The summed E-state index contributed by atoms with van der Waals surface area (Å²) in [5.41, 5.74) is 3.56. The predicted octanol–water partition coefficient (Wildman–Crippen LogP) is 7.80. The first kappa shape index (κ1) is 22.5. The van der Waals surface area contributed by atoms with Crippen LogP contribution in [-0.4, -0.2) is 6.61 Å². The number of unbranched alkanes of at least 4 members (excludes halogenated alkanes) is 2. The fourth-order valence-electron chi connectivity index (χ4n) is 4.37. The van der Waals surface area contributed by atoms with Crippen LogP contribution in [0.4, 0.5) is 0 Å². The fraction of sp³-hybridized carbons (Fsp3) is 0.517. The molecular weight excluding hydrogens is 364 g/mol. The van der Waals surface area contributed by atoms with Crippen molar-refractivity contribution in [3.8, 4) is 17.6 Å². The Balaban J connectivity index is 1.44. The van der Waals surface area contributed by atoms with Gasteiger partial charge in [-0.3, -0.25) is 0 Å². The van der Waals surface area contributed by atoms with Gasteiger partial charge in [0.25, 0.3) is 0 Å². The Kier molecular flexibility index (Phi) is 9.36. The normalized spacial score (nSPS) is 18.5. The molecule has 1 nitrogen and oxygen atoms in total. The van der Waals surface area contributed by atoms with Gasteiger partial charge in [-0.25, -0.2) is 0 Å². The molecule has 0 radical (unpaired) electrons. The second-order valence-corrected chi connectivity index (χ2v) is 8.86. The number of hydrogen-bond donors (Lipinski definition) is 0. The average Bonchev–Trinajstić information content (AvgIpc) is 2.81. The maximum Gasteiger partial charge on any atom is 0.119 e. The Morgan fingerprint density at radius 2 is 1.37 bits per heavy atom. The van der Waals surface area contributed by atoms with Crippen LogP contribution in [0.2, 0.25) is 0 Å². The third-order valence-corrected chi connectivity index (χ3v) is 6.56. The van der Waals surface area contributed by atoms with Crippen LogP contribution in [0, 0.1) is 23.7 Å². The van der Waals surface area contributed by atoms with E-state index in [4.69, 9.17) is 4.74 Å². The molecule has 2 aromatic rings. The zero-order chi connectivity index (χ0) is 21.0. The molecule has 1 saturated carbocycles. The van der Waals surface area contributed by atoms with Gasteiger partial charge in [-0.2, -0.15) is 0 Å². The van der Waals surface area contributed by atoms with Gasteiger partial charge in [0.1, 0.15) is 5.75 Å². The van der Waals surface area contributed by atoms with Crippen molar-refractivity contribution in [2.45, 2.75) is 78.1 Å². The SMILES string of the molecule is CCCCCOc1ccc(C#Cc2ccc(CCC3CCC(CC)CC3)cc2)cc1. The van der Waals surface area contributed by atoms with Crippen LogP contribution in [0.5, 0.6) is 5.75 Å². The zero-order valence-electron chi connectivity index (χ0n) is 19.0. The maximum absolute atomic E-state index is 5.77. The first-order chi connectivity index (χ1) is 14.8. The summed E-state index contributed by atoms with van der Waals surface area (Å²) in [6.45, 7) is 5.35. The lowest BCUT2D eigenvalue weighted by molar-refractivity contribution is 0.259. The van der Waals surface area contributed by atoms with E-state index >= 15 is 0 Å². The monoisotopic (exact) mass is 402 g/mol. The van der Waals surface area contributed by atoms with E-state index in [0.29, 0.717) is 0 Å². The summed E-state index contributed by atoms with van der Waals surface area (Å²) >= 11 is 0. The molecule has 0 bridgehead atoms. The molecule has 0 unspecified atom stereocenters. The van der Waals surface area contributed by atoms with Crippen molar-refractivity contribution in [3.05, 3.63) is 65.2 Å². The molecule has 2 aromatic carbocycles. The third-order valence-electron chi connectivity index (χ3n) is 6.56. The van der Waals surface area contributed by atoms with E-state index in [9.17, 15) is 0 Å². The molecule has 1 heteroatoms. The van der Waals surface area contributed by atoms with Gasteiger partial charge in [0.2, 0.25) is 0 Å². The second-order valence-electron chi connectivity index (χ2n) is 8.86. The van der Waals surface area contributed by atoms with Crippen molar-refractivity contribution < 1.29 is 4.74 Å². The Hall–Kier alpha value is -2.20. The Morgan fingerprint density at radius 3 is 1.97 bits per heavy atom. The van der Waals surface area contributed by atoms with Gasteiger partial charge >= 0.3 is 0 Å². The van der Waals surface area contributed by atoms with E-state index in [-0.39, 0.29) is 0 Å². The van der Waals surface area contributed by atoms with Crippen molar-refractivity contribution in [3.63, 3.8) is 0 Å². The summed E-state index contributed by atoms with van der Waals surface area (Å²) in [6, 6.07) is 17.0. The van der Waals surface area contributed by atoms with Gasteiger partial charge in [0, 0.05) is 11.1 Å². The highest BCUT2D eigenvalue weighted by atomic mass is 16.5. The Labute approximate surface area is 184 Å². The lowest BCUT2D eigenvalue weighted by Crippen LogP contribution is -2.14. The number of aryl methyl sites for hydroxylation is 1. The summed E-state index contributed by atoms with van der Waals surface area (Å²) in [5.74, 6) is 9.43. The Morgan fingerprint density at radius 1 is 0.767 bits per heavy atom. The standard InChI is InChI=1S/C29H38O/c1-3-5-6-23-30-29-21-19-28(20-22-29)18-17-27-15-13-26(14-16-27)12-11-25-9-7-24(4-2)8-10-25/h13-16,19-22,24-25H,3-12,23H2,1-2H3. The number of ether oxygens (including phenoxy) is 1. The van der Waals surface area contributed by atoms with Crippen LogP contribution in [0.15, 0.2) is 48.5 Å². The molecule has 0 saturated heterocycles. The summed E-state index contributed by atoms with van der Waals surface area (Å²) in [6.07, 6.45) is 13.2. The van der Waals surface area contributed by atoms with E-state index in [0.717, 1.165) is 41.7 Å². The van der Waals surface area contributed by atoms with Crippen molar-refractivity contribution in [2.75, 3.05) is 6.61 Å². The molecule has 1 aliphatic rings. The van der Waals surface area contributed by atoms with Crippen molar-refractivity contribution in [1.29, 1.82) is 0 Å². The van der Waals surface area contributed by atoms with E-state index in [1.54, 1.807) is 0 Å². The summed E-state index contributed by atoms with van der Waals surface area (Å²) < 4.78 is 5.77. The molecule has 3 rings (SSSR count). The minimum Gasteiger partial charge on any atom is -0.494 e. The van der Waals surface area contributed by atoms with Crippen LogP contribution in [0.3, 0.4) is 0 Å². The first-order valence-electron chi connectivity index (χ1n) is 12.1. The fourth-order valence-corrected chi connectivity index (χ4v) is 4.37. The smallest absolute Gasteiger partial charge is 0.119 e. The molecule has 0 aromatic heterocycles. The molecule has 0 aliphatic heterocycles. The number of benzene rings is 2. The third kappa shape index (κ3) is 7.56. The molecule has 0 amide bonds. The van der Waals surface area contributed by atoms with Crippen LogP contribution < -0.4 is 4.74 Å². The summed E-state index contributed by atoms with van der Waals surface area (Å²) in [5, 5.41) is 0. The van der Waals surface area contributed by atoms with Crippen LogP contribution in [-0.2, 0) is 6.42 Å². The Bertz CT molecular complexity index is 783. The van der Waals surface area contributed by atoms with Crippen molar-refractivity contribution in [2.24, 2.45) is 11.8 Å². The predicted molar refractivity (Wildman–Crippen MR) is 128 cm³/mol. The highest BCUT2D eigenvalue weighted by Crippen LogP contribution is 2.33. The summed E-state index contributed by atoms with van der Waals surface area (Å²) in [7, 11) is 0. The van der Waals surface area contributed by atoms with Crippen molar-refractivity contribution in [1.82, 2.24) is 0 Å². The lowest BCUT2D eigenvalue weighted by atomic mass is 9.78. The van der Waals surface area contributed by atoms with Gasteiger partial charge in [-0.05, 0) is 73.1 Å². The quantitative estimate of drug-likeness (QED) is 0.307. The molecular formula is C29H38O. The van der Waals surface area contributed by atoms with Crippen molar-refractivity contribution >= 4 is 0 Å². The van der Waals surface area contributed by atoms with E-state index in [2.05, 4.69) is 50.0 Å². The minimum absolute atomic E-state index is 0.797. The molecule has 1 fully saturated rings. The van der Waals surface area contributed by atoms with Gasteiger partial charge in [0.05, 0.1) is 6.61 Å². The van der Waals surface area contributed by atoms with Crippen LogP contribution >= 0.6 is 0 Å².